The number of para-hydroxylation sites is 1. The van der Waals surface area contributed by atoms with E-state index in [1.54, 1.807) is 0 Å². The average molecular weight is 320 g/mol. The van der Waals surface area contributed by atoms with Crippen molar-refractivity contribution in [1.29, 1.82) is 0 Å². The predicted octanol–water partition coefficient (Wildman–Crippen LogP) is 5.06. The molecule has 1 N–H and O–H groups in total. The van der Waals surface area contributed by atoms with Crippen molar-refractivity contribution in [1.82, 2.24) is 0 Å². The van der Waals surface area contributed by atoms with E-state index in [1.807, 2.05) is 5.43 Å². The molecule has 0 saturated carbocycles. The smallest absolute Gasteiger partial charge is 0.291 e. The van der Waals surface area contributed by atoms with Crippen LogP contribution in [0.3, 0.4) is 0 Å². The van der Waals surface area contributed by atoms with Crippen LogP contribution in [-0.4, -0.2) is 6.30 Å². The fraction of sp³-hybridized carbons (Fsp3) is 0.143. The van der Waals surface area contributed by atoms with Crippen molar-refractivity contribution < 1.29 is 26.3 Å². The van der Waals surface area contributed by atoms with Crippen LogP contribution in [0, 0.1) is 0 Å². The molecule has 2 nitrogen and oxygen atoms in total. The zero-order valence-electron chi connectivity index (χ0n) is 10.9. The lowest BCUT2D eigenvalue weighted by atomic mass is 10.2. The first-order valence-electron chi connectivity index (χ1n) is 6.04. The van der Waals surface area contributed by atoms with Crippen molar-refractivity contribution in [3.8, 4) is 0 Å². The van der Waals surface area contributed by atoms with Crippen LogP contribution in [0.2, 0.25) is 0 Å². The largest absolute Gasteiger partial charge is 0.503 e. The Hall–Kier alpha value is -2.38. The van der Waals surface area contributed by atoms with Crippen molar-refractivity contribution in [2.45, 2.75) is 12.5 Å². The maximum absolute atomic E-state index is 13.1. The number of alkyl halides is 6. The summed E-state index contributed by atoms with van der Waals surface area (Å²) in [5.74, 6) is 0. The van der Waals surface area contributed by atoms with Crippen molar-refractivity contribution in [2.75, 3.05) is 10.4 Å². The Labute approximate surface area is 121 Å². The van der Waals surface area contributed by atoms with Gasteiger partial charge in [-0.25, -0.2) is 0 Å². The standard InChI is InChI=1S/C14H10F6N2/c15-13(16,17)10-5-4-6-11(9-10)21-22(14(18,19)20)12-7-2-1-3-8-12/h1-9,21H. The van der Waals surface area contributed by atoms with Crippen molar-refractivity contribution in [2.24, 2.45) is 0 Å². The summed E-state index contributed by atoms with van der Waals surface area (Å²) in [5.41, 5.74) is 0.355. The fourth-order valence-corrected chi connectivity index (χ4v) is 1.75. The predicted molar refractivity (Wildman–Crippen MR) is 70.0 cm³/mol. The molecule has 2 aromatic rings. The zero-order valence-corrected chi connectivity index (χ0v) is 10.9. The molecule has 0 unspecified atom stereocenters. The van der Waals surface area contributed by atoms with Gasteiger partial charge >= 0.3 is 12.5 Å². The van der Waals surface area contributed by atoms with Gasteiger partial charge in [0, 0.05) is 0 Å². The minimum absolute atomic E-state index is 0.150. The molecule has 0 aliphatic carbocycles. The SMILES string of the molecule is FC(F)(F)c1cccc(NN(c2ccccc2)C(F)(F)F)c1. The van der Waals surface area contributed by atoms with E-state index in [-0.39, 0.29) is 16.4 Å². The summed E-state index contributed by atoms with van der Waals surface area (Å²) in [7, 11) is 0. The summed E-state index contributed by atoms with van der Waals surface area (Å²) in [5, 5.41) is -0.150. The Kier molecular flexibility index (Phi) is 4.20. The molecule has 0 saturated heterocycles. The molecule has 2 rings (SSSR count). The molecule has 0 aliphatic rings. The van der Waals surface area contributed by atoms with E-state index in [4.69, 9.17) is 0 Å². The van der Waals surface area contributed by atoms with Crippen molar-refractivity contribution in [3.05, 3.63) is 60.2 Å². The second-order valence-electron chi connectivity index (χ2n) is 4.33. The molecule has 0 amide bonds. The maximum Gasteiger partial charge on any atom is 0.503 e. The zero-order chi connectivity index (χ0) is 16.4. The third-order valence-corrected chi connectivity index (χ3v) is 2.70. The number of halogens is 6. The van der Waals surface area contributed by atoms with E-state index in [0.29, 0.717) is 6.07 Å². The Bertz CT molecular complexity index is 621. The van der Waals surface area contributed by atoms with Crippen LogP contribution < -0.4 is 10.4 Å². The molecule has 0 aromatic heterocycles. The number of hydrogen-bond acceptors (Lipinski definition) is 2. The highest BCUT2D eigenvalue weighted by Crippen LogP contribution is 2.33. The van der Waals surface area contributed by atoms with Gasteiger partial charge in [0.2, 0.25) is 0 Å². The summed E-state index contributed by atoms with van der Waals surface area (Å²) >= 11 is 0. The van der Waals surface area contributed by atoms with Gasteiger partial charge in [0.15, 0.2) is 0 Å². The van der Waals surface area contributed by atoms with E-state index < -0.39 is 18.0 Å². The Morgan fingerprint density at radius 3 is 1.95 bits per heavy atom. The third-order valence-electron chi connectivity index (χ3n) is 2.70. The lowest BCUT2D eigenvalue weighted by Gasteiger charge is -2.28. The third kappa shape index (κ3) is 3.84. The summed E-state index contributed by atoms with van der Waals surface area (Å²) in [6.45, 7) is 0. The Morgan fingerprint density at radius 2 is 1.41 bits per heavy atom. The van der Waals surface area contributed by atoms with Crippen LogP contribution in [0.15, 0.2) is 54.6 Å². The van der Waals surface area contributed by atoms with Gasteiger partial charge in [0.25, 0.3) is 0 Å². The topological polar surface area (TPSA) is 15.3 Å². The quantitative estimate of drug-likeness (QED) is 0.483. The number of rotatable bonds is 3. The minimum atomic E-state index is -4.81. The minimum Gasteiger partial charge on any atom is -0.291 e. The van der Waals surface area contributed by atoms with E-state index >= 15 is 0 Å². The summed E-state index contributed by atoms with van der Waals surface area (Å²) < 4.78 is 77.0. The number of benzene rings is 2. The van der Waals surface area contributed by atoms with Gasteiger partial charge in [-0.15, -0.1) is 13.2 Å². The lowest BCUT2D eigenvalue weighted by molar-refractivity contribution is -0.137. The molecule has 22 heavy (non-hydrogen) atoms. The molecule has 0 atom stereocenters. The molecule has 118 valence electrons. The molecular weight excluding hydrogens is 310 g/mol. The maximum atomic E-state index is 13.1. The van der Waals surface area contributed by atoms with Crippen LogP contribution in [0.25, 0.3) is 0 Å². The van der Waals surface area contributed by atoms with Gasteiger partial charge < -0.3 is 0 Å². The van der Waals surface area contributed by atoms with Crippen molar-refractivity contribution >= 4 is 11.4 Å². The monoisotopic (exact) mass is 320 g/mol. The van der Waals surface area contributed by atoms with Crippen molar-refractivity contribution in [3.63, 3.8) is 0 Å². The van der Waals surface area contributed by atoms with Gasteiger partial charge in [-0.2, -0.15) is 18.2 Å². The highest BCUT2D eigenvalue weighted by molar-refractivity contribution is 5.56. The highest BCUT2D eigenvalue weighted by Gasteiger charge is 2.38. The second-order valence-corrected chi connectivity index (χ2v) is 4.33. The first-order valence-corrected chi connectivity index (χ1v) is 6.04. The van der Waals surface area contributed by atoms with Gasteiger partial charge in [0.05, 0.1) is 16.9 Å². The van der Waals surface area contributed by atoms with Gasteiger partial charge in [-0.1, -0.05) is 24.3 Å². The fourth-order valence-electron chi connectivity index (χ4n) is 1.75. The summed E-state index contributed by atoms with van der Waals surface area (Å²) in [6.07, 6.45) is -9.44. The molecule has 0 radical (unpaired) electrons. The Balaban J connectivity index is 2.33. The molecule has 0 aliphatic heterocycles. The molecule has 0 heterocycles. The van der Waals surface area contributed by atoms with E-state index in [9.17, 15) is 26.3 Å². The van der Waals surface area contributed by atoms with E-state index in [2.05, 4.69) is 0 Å². The Morgan fingerprint density at radius 1 is 0.773 bits per heavy atom. The second kappa shape index (κ2) is 5.78. The van der Waals surface area contributed by atoms with E-state index in [0.717, 1.165) is 18.2 Å². The van der Waals surface area contributed by atoms with Crippen LogP contribution in [0.5, 0.6) is 0 Å². The summed E-state index contributed by atoms with van der Waals surface area (Å²) in [4.78, 5) is 0. The molecule has 0 fully saturated rings. The number of hydrazine groups is 1. The molecule has 2 aromatic carbocycles. The van der Waals surface area contributed by atoms with Crippen LogP contribution in [0.1, 0.15) is 5.56 Å². The number of anilines is 2. The number of nitrogens with one attached hydrogen (secondary N) is 1. The average Bonchev–Trinajstić information content (AvgIpc) is 2.44. The molecule has 0 spiro atoms. The van der Waals surface area contributed by atoms with Gasteiger partial charge in [0.1, 0.15) is 0 Å². The highest BCUT2D eigenvalue weighted by atomic mass is 19.4. The lowest BCUT2D eigenvalue weighted by Crippen LogP contribution is -2.42. The van der Waals surface area contributed by atoms with Crippen LogP contribution >= 0.6 is 0 Å². The first-order chi connectivity index (χ1) is 10.2. The van der Waals surface area contributed by atoms with Gasteiger partial charge in [-0.05, 0) is 30.3 Å². The normalized spacial score (nSPS) is 12.1. The molecule has 8 heteroatoms. The number of nitrogens with zero attached hydrogens (tertiary/aromatic N) is 1. The van der Waals surface area contributed by atoms with Gasteiger partial charge in [-0.3, -0.25) is 5.43 Å². The first kappa shape index (κ1) is 16.0. The molecule has 0 bridgehead atoms. The van der Waals surface area contributed by atoms with E-state index in [1.165, 1.54) is 30.3 Å². The molecular formula is C14H10F6N2. The van der Waals surface area contributed by atoms with Crippen LogP contribution in [0.4, 0.5) is 37.7 Å². The number of hydrogen-bond donors (Lipinski definition) is 1. The summed E-state index contributed by atoms with van der Waals surface area (Å²) in [6, 6.07) is 10.2. The van der Waals surface area contributed by atoms with Crippen LogP contribution in [-0.2, 0) is 6.18 Å².